The fraction of sp³-hybridized carbons (Fsp3) is 0.143. The van der Waals surface area contributed by atoms with Crippen LogP contribution in [0.15, 0.2) is 12.3 Å². The van der Waals surface area contributed by atoms with Gasteiger partial charge in [-0.2, -0.15) is 0 Å². The maximum absolute atomic E-state index is 10.4. The van der Waals surface area contributed by atoms with E-state index >= 15 is 0 Å². The molecule has 0 saturated heterocycles. The smallest absolute Gasteiger partial charge is 0.391 e. The first kappa shape index (κ1) is 9.90. The van der Waals surface area contributed by atoms with Gasteiger partial charge in [-0.3, -0.25) is 10.1 Å². The van der Waals surface area contributed by atoms with Crippen LogP contribution >= 0.6 is 0 Å². The van der Waals surface area contributed by atoms with E-state index in [0.717, 1.165) is 6.20 Å². The van der Waals surface area contributed by atoms with E-state index in [-0.39, 0.29) is 11.6 Å². The van der Waals surface area contributed by atoms with Crippen LogP contribution in [0.4, 0.5) is 10.5 Å². The summed E-state index contributed by atoms with van der Waals surface area (Å²) in [6.07, 6.45) is -0.00102. The second kappa shape index (κ2) is 3.69. The van der Waals surface area contributed by atoms with Crippen molar-refractivity contribution in [1.29, 1.82) is 0 Å². The number of aromatic nitrogens is 1. The highest BCUT2D eigenvalue weighted by Crippen LogP contribution is 2.19. The third-order valence-electron chi connectivity index (χ3n) is 1.46. The van der Waals surface area contributed by atoms with Crippen LogP contribution in [-0.2, 0) is 0 Å². The molecule has 7 nitrogen and oxygen atoms in total. The van der Waals surface area contributed by atoms with Gasteiger partial charge in [0, 0.05) is 11.6 Å². The highest BCUT2D eigenvalue weighted by molar-refractivity contribution is 5.67. The molecule has 0 unspecified atom stereocenters. The lowest BCUT2D eigenvalue weighted by Crippen LogP contribution is -2.17. The second-order valence-corrected chi connectivity index (χ2v) is 2.49. The normalized spacial score (nSPS) is 9.50. The summed E-state index contributed by atoms with van der Waals surface area (Å²) < 4.78 is 4.43. The number of carbonyl (C=O) groups is 1. The first-order valence-corrected chi connectivity index (χ1v) is 3.59. The Morgan fingerprint density at radius 2 is 2.36 bits per heavy atom. The van der Waals surface area contributed by atoms with Crippen molar-refractivity contribution in [2.45, 2.75) is 6.92 Å². The first-order chi connectivity index (χ1) is 6.50. The fourth-order valence-electron chi connectivity index (χ4n) is 0.873. The number of amides is 1. The van der Waals surface area contributed by atoms with Crippen LogP contribution in [0, 0.1) is 17.0 Å². The van der Waals surface area contributed by atoms with Crippen molar-refractivity contribution < 1.29 is 14.5 Å². The molecule has 7 heteroatoms. The Kier molecular flexibility index (Phi) is 2.61. The highest BCUT2D eigenvalue weighted by Gasteiger charge is 2.12. The van der Waals surface area contributed by atoms with Crippen LogP contribution in [0.3, 0.4) is 0 Å². The molecule has 0 atom stereocenters. The largest absolute Gasteiger partial charge is 0.411 e. The van der Waals surface area contributed by atoms with Gasteiger partial charge >= 0.3 is 6.09 Å². The molecule has 1 aromatic heterocycles. The zero-order valence-corrected chi connectivity index (χ0v) is 7.26. The standard InChI is InChI=1S/C7H7N3O4/c1-4-2-6(14-7(8)11)9-3-5(4)10(12)13/h2-3H,1H3,(H2,8,11). The van der Waals surface area contributed by atoms with Crippen molar-refractivity contribution >= 4 is 11.8 Å². The average molecular weight is 197 g/mol. The number of nitrogens with zero attached hydrogens (tertiary/aromatic N) is 2. The Balaban J connectivity index is 3.00. The van der Waals surface area contributed by atoms with E-state index in [1.807, 2.05) is 0 Å². The Morgan fingerprint density at radius 1 is 1.71 bits per heavy atom. The van der Waals surface area contributed by atoms with Crippen LogP contribution in [0.5, 0.6) is 5.88 Å². The Morgan fingerprint density at radius 3 is 2.79 bits per heavy atom. The quantitative estimate of drug-likeness (QED) is 0.555. The number of rotatable bonds is 2. The molecule has 0 bridgehead atoms. The summed E-state index contributed by atoms with van der Waals surface area (Å²) in [5.41, 5.74) is 4.95. The van der Waals surface area contributed by atoms with Crippen molar-refractivity contribution in [2.24, 2.45) is 5.73 Å². The molecule has 14 heavy (non-hydrogen) atoms. The van der Waals surface area contributed by atoms with Gasteiger partial charge in [0.05, 0.1) is 4.92 Å². The summed E-state index contributed by atoms with van der Waals surface area (Å²) in [5.74, 6) is -0.0550. The maximum atomic E-state index is 10.4. The van der Waals surface area contributed by atoms with Crippen LogP contribution in [0.25, 0.3) is 0 Å². The molecule has 1 rings (SSSR count). The molecule has 1 heterocycles. The maximum Gasteiger partial charge on any atom is 0.411 e. The molecule has 0 saturated carbocycles. The summed E-state index contributed by atoms with van der Waals surface area (Å²) in [6.45, 7) is 1.51. The minimum atomic E-state index is -1.01. The molecule has 1 aromatic rings. The van der Waals surface area contributed by atoms with Gasteiger partial charge < -0.3 is 10.5 Å². The number of aryl methyl sites for hydroxylation is 1. The zero-order chi connectivity index (χ0) is 10.7. The summed E-state index contributed by atoms with van der Waals surface area (Å²) in [4.78, 5) is 23.7. The van der Waals surface area contributed by atoms with Crippen LogP contribution in [-0.4, -0.2) is 16.0 Å². The van der Waals surface area contributed by atoms with E-state index in [2.05, 4.69) is 9.72 Å². The average Bonchev–Trinajstić information content (AvgIpc) is 2.01. The van der Waals surface area contributed by atoms with Crippen molar-refractivity contribution in [3.63, 3.8) is 0 Å². The van der Waals surface area contributed by atoms with Crippen molar-refractivity contribution in [2.75, 3.05) is 0 Å². The number of ether oxygens (including phenoxy) is 1. The Labute approximate surface area is 78.6 Å². The minimum Gasteiger partial charge on any atom is -0.391 e. The Bertz CT molecular complexity index is 391. The number of primary amides is 1. The van der Waals surface area contributed by atoms with Gasteiger partial charge in [0.2, 0.25) is 5.88 Å². The summed E-state index contributed by atoms with van der Waals surface area (Å²) in [7, 11) is 0. The lowest BCUT2D eigenvalue weighted by atomic mass is 10.2. The van der Waals surface area contributed by atoms with E-state index in [4.69, 9.17) is 5.73 Å². The molecule has 2 N–H and O–H groups in total. The molecule has 0 radical (unpaired) electrons. The Hall–Kier alpha value is -2.18. The molecular formula is C7H7N3O4. The van der Waals surface area contributed by atoms with E-state index < -0.39 is 11.0 Å². The predicted octanol–water partition coefficient (Wildman–Crippen LogP) is 0.756. The molecule has 0 aromatic carbocycles. The molecule has 0 aliphatic heterocycles. The van der Waals surface area contributed by atoms with Gasteiger partial charge in [0.1, 0.15) is 6.20 Å². The molecule has 74 valence electrons. The topological polar surface area (TPSA) is 108 Å². The first-order valence-electron chi connectivity index (χ1n) is 3.59. The van der Waals surface area contributed by atoms with Crippen LogP contribution in [0.2, 0.25) is 0 Å². The van der Waals surface area contributed by atoms with E-state index in [1.165, 1.54) is 13.0 Å². The molecule has 0 aliphatic rings. The van der Waals surface area contributed by atoms with Crippen molar-refractivity contribution in [3.05, 3.63) is 27.9 Å². The zero-order valence-electron chi connectivity index (χ0n) is 7.26. The number of carbonyl (C=O) groups excluding carboxylic acids is 1. The number of hydrogen-bond acceptors (Lipinski definition) is 5. The third-order valence-corrected chi connectivity index (χ3v) is 1.46. The fourth-order valence-corrected chi connectivity index (χ4v) is 0.873. The van der Waals surface area contributed by atoms with Gasteiger partial charge in [-0.05, 0) is 6.92 Å². The molecule has 0 spiro atoms. The SMILES string of the molecule is Cc1cc(OC(N)=O)ncc1[N+](=O)[O-]. The van der Waals surface area contributed by atoms with Gasteiger partial charge in [0.25, 0.3) is 5.69 Å². The highest BCUT2D eigenvalue weighted by atomic mass is 16.6. The van der Waals surface area contributed by atoms with Gasteiger partial charge in [-0.25, -0.2) is 9.78 Å². The number of hydrogen-bond donors (Lipinski definition) is 1. The third kappa shape index (κ3) is 2.16. The lowest BCUT2D eigenvalue weighted by Gasteiger charge is -2.00. The van der Waals surface area contributed by atoms with Crippen LogP contribution in [0.1, 0.15) is 5.56 Å². The van der Waals surface area contributed by atoms with E-state index in [0.29, 0.717) is 5.56 Å². The van der Waals surface area contributed by atoms with E-state index in [9.17, 15) is 14.9 Å². The van der Waals surface area contributed by atoms with Crippen molar-refractivity contribution in [3.8, 4) is 5.88 Å². The van der Waals surface area contributed by atoms with E-state index in [1.54, 1.807) is 0 Å². The number of pyridine rings is 1. The minimum absolute atomic E-state index is 0.0550. The number of nitro groups is 1. The van der Waals surface area contributed by atoms with Crippen molar-refractivity contribution in [1.82, 2.24) is 4.98 Å². The molecule has 1 amide bonds. The molecule has 0 aliphatic carbocycles. The monoisotopic (exact) mass is 197 g/mol. The summed E-state index contributed by atoms with van der Waals surface area (Å²) in [6, 6.07) is 1.27. The molecule has 0 fully saturated rings. The predicted molar refractivity (Wildman–Crippen MR) is 45.8 cm³/mol. The second-order valence-electron chi connectivity index (χ2n) is 2.49. The van der Waals surface area contributed by atoms with Gasteiger partial charge in [-0.1, -0.05) is 0 Å². The number of nitrogens with two attached hydrogens (primary N) is 1. The van der Waals surface area contributed by atoms with Gasteiger partial charge in [0.15, 0.2) is 0 Å². The van der Waals surface area contributed by atoms with Gasteiger partial charge in [-0.15, -0.1) is 0 Å². The summed E-state index contributed by atoms with van der Waals surface area (Å²) in [5, 5.41) is 10.4. The molecular weight excluding hydrogens is 190 g/mol. The summed E-state index contributed by atoms with van der Waals surface area (Å²) >= 11 is 0. The lowest BCUT2D eigenvalue weighted by molar-refractivity contribution is -0.385. The van der Waals surface area contributed by atoms with Crippen LogP contribution < -0.4 is 10.5 Å².